The smallest absolute Gasteiger partial charge is 0.142 e. The van der Waals surface area contributed by atoms with E-state index in [-0.39, 0.29) is 0 Å². The Morgan fingerprint density at radius 1 is 1.57 bits per heavy atom. The maximum Gasteiger partial charge on any atom is 0.142 e. The SMILES string of the molecule is COCCCN(C)c1snc(N)c1C. The van der Waals surface area contributed by atoms with E-state index in [2.05, 4.69) is 16.3 Å². The predicted octanol–water partition coefficient (Wildman–Crippen LogP) is 1.51. The number of rotatable bonds is 5. The summed E-state index contributed by atoms with van der Waals surface area (Å²) in [6, 6.07) is 0. The molecule has 1 heterocycles. The highest BCUT2D eigenvalue weighted by Gasteiger charge is 2.10. The van der Waals surface area contributed by atoms with Gasteiger partial charge in [0.1, 0.15) is 10.8 Å². The summed E-state index contributed by atoms with van der Waals surface area (Å²) in [6.07, 6.45) is 1.02. The summed E-state index contributed by atoms with van der Waals surface area (Å²) >= 11 is 1.45. The molecule has 2 N–H and O–H groups in total. The van der Waals surface area contributed by atoms with Crippen LogP contribution in [-0.2, 0) is 4.74 Å². The van der Waals surface area contributed by atoms with E-state index in [0.29, 0.717) is 5.82 Å². The normalized spacial score (nSPS) is 10.5. The Morgan fingerprint density at radius 3 is 2.79 bits per heavy atom. The van der Waals surface area contributed by atoms with E-state index in [9.17, 15) is 0 Å². The van der Waals surface area contributed by atoms with Gasteiger partial charge in [-0.25, -0.2) is 0 Å². The van der Waals surface area contributed by atoms with Crippen molar-refractivity contribution < 1.29 is 4.74 Å². The molecule has 0 atom stereocenters. The number of nitrogens with zero attached hydrogens (tertiary/aromatic N) is 2. The first-order chi connectivity index (χ1) is 6.66. The lowest BCUT2D eigenvalue weighted by Crippen LogP contribution is -2.19. The lowest BCUT2D eigenvalue weighted by molar-refractivity contribution is 0.196. The third kappa shape index (κ3) is 2.59. The number of methoxy groups -OCH3 is 1. The Balaban J connectivity index is 2.52. The quantitative estimate of drug-likeness (QED) is 0.756. The Kier molecular flexibility index (Phi) is 4.16. The van der Waals surface area contributed by atoms with Crippen molar-refractivity contribution in [3.05, 3.63) is 5.56 Å². The topological polar surface area (TPSA) is 51.4 Å². The number of nitrogens with two attached hydrogens (primary N) is 1. The maximum atomic E-state index is 5.68. The minimum Gasteiger partial charge on any atom is -0.385 e. The highest BCUT2D eigenvalue weighted by Crippen LogP contribution is 2.28. The molecule has 0 bridgehead atoms. The third-order valence-electron chi connectivity index (χ3n) is 2.12. The molecule has 0 saturated carbocycles. The molecule has 80 valence electrons. The van der Waals surface area contributed by atoms with E-state index in [4.69, 9.17) is 10.5 Å². The van der Waals surface area contributed by atoms with Crippen LogP contribution in [0.3, 0.4) is 0 Å². The Labute approximate surface area is 88.8 Å². The molecule has 0 unspecified atom stereocenters. The number of hydrogen-bond acceptors (Lipinski definition) is 5. The Morgan fingerprint density at radius 2 is 2.29 bits per heavy atom. The molecule has 0 radical (unpaired) electrons. The van der Waals surface area contributed by atoms with Crippen LogP contribution < -0.4 is 10.6 Å². The second-order valence-corrected chi connectivity index (χ2v) is 4.02. The molecule has 0 amide bonds. The van der Waals surface area contributed by atoms with Gasteiger partial charge in [-0.3, -0.25) is 0 Å². The van der Waals surface area contributed by atoms with Gasteiger partial charge in [-0.1, -0.05) is 0 Å². The zero-order valence-electron chi connectivity index (χ0n) is 8.91. The summed E-state index contributed by atoms with van der Waals surface area (Å²) < 4.78 is 9.11. The molecule has 0 saturated heterocycles. The second-order valence-electron chi connectivity index (χ2n) is 3.27. The first-order valence-corrected chi connectivity index (χ1v) is 5.36. The van der Waals surface area contributed by atoms with Crippen LogP contribution in [0.5, 0.6) is 0 Å². The molecule has 0 aromatic carbocycles. The number of hydrogen-bond donors (Lipinski definition) is 1. The van der Waals surface area contributed by atoms with Gasteiger partial charge in [0.25, 0.3) is 0 Å². The molecule has 0 spiro atoms. The average molecular weight is 215 g/mol. The standard InChI is InChI=1S/C9H17N3OS/c1-7-8(10)11-14-9(7)12(2)5-4-6-13-3/h4-6H2,1-3H3,(H2,10,11). The van der Waals surface area contributed by atoms with Crippen molar-refractivity contribution in [2.75, 3.05) is 37.9 Å². The van der Waals surface area contributed by atoms with Crippen LogP contribution in [0.1, 0.15) is 12.0 Å². The van der Waals surface area contributed by atoms with E-state index < -0.39 is 0 Å². The molecular weight excluding hydrogens is 198 g/mol. The number of anilines is 2. The Hall–Kier alpha value is -0.810. The van der Waals surface area contributed by atoms with E-state index >= 15 is 0 Å². The number of ether oxygens (including phenoxy) is 1. The predicted molar refractivity (Wildman–Crippen MR) is 61.0 cm³/mol. The molecule has 4 nitrogen and oxygen atoms in total. The van der Waals surface area contributed by atoms with Gasteiger partial charge in [-0.2, -0.15) is 4.37 Å². The summed E-state index contributed by atoms with van der Waals surface area (Å²) in [5.74, 6) is 0.642. The van der Waals surface area contributed by atoms with Gasteiger partial charge < -0.3 is 15.4 Å². The second kappa shape index (κ2) is 5.17. The largest absolute Gasteiger partial charge is 0.385 e. The van der Waals surface area contributed by atoms with Crippen LogP contribution in [-0.4, -0.2) is 31.7 Å². The average Bonchev–Trinajstić information content (AvgIpc) is 2.48. The van der Waals surface area contributed by atoms with Crippen molar-refractivity contribution in [3.63, 3.8) is 0 Å². The highest BCUT2D eigenvalue weighted by atomic mass is 32.1. The van der Waals surface area contributed by atoms with Crippen LogP contribution in [0.4, 0.5) is 10.8 Å². The minimum atomic E-state index is 0.642. The van der Waals surface area contributed by atoms with Crippen molar-refractivity contribution in [1.82, 2.24) is 4.37 Å². The summed E-state index contributed by atoms with van der Waals surface area (Å²) in [5, 5.41) is 1.15. The van der Waals surface area contributed by atoms with Crippen molar-refractivity contribution in [1.29, 1.82) is 0 Å². The summed E-state index contributed by atoms with van der Waals surface area (Å²) in [4.78, 5) is 2.17. The van der Waals surface area contributed by atoms with Crippen LogP contribution in [0.2, 0.25) is 0 Å². The molecular formula is C9H17N3OS. The van der Waals surface area contributed by atoms with Crippen molar-refractivity contribution in [2.45, 2.75) is 13.3 Å². The zero-order valence-corrected chi connectivity index (χ0v) is 9.73. The van der Waals surface area contributed by atoms with Gasteiger partial charge in [0.15, 0.2) is 0 Å². The molecule has 0 aliphatic heterocycles. The molecule has 1 rings (SSSR count). The lowest BCUT2D eigenvalue weighted by Gasteiger charge is -2.17. The van der Waals surface area contributed by atoms with Crippen molar-refractivity contribution in [3.8, 4) is 0 Å². The van der Waals surface area contributed by atoms with E-state index in [1.165, 1.54) is 11.5 Å². The monoisotopic (exact) mass is 215 g/mol. The zero-order chi connectivity index (χ0) is 10.6. The van der Waals surface area contributed by atoms with Crippen LogP contribution in [0.15, 0.2) is 0 Å². The number of nitrogen functional groups attached to an aromatic ring is 1. The van der Waals surface area contributed by atoms with E-state index in [1.54, 1.807) is 7.11 Å². The molecule has 1 aromatic rings. The van der Waals surface area contributed by atoms with Crippen LogP contribution >= 0.6 is 11.5 Å². The first-order valence-electron chi connectivity index (χ1n) is 4.58. The molecule has 0 fully saturated rings. The molecule has 0 aliphatic rings. The van der Waals surface area contributed by atoms with Gasteiger partial charge in [-0.15, -0.1) is 0 Å². The van der Waals surface area contributed by atoms with Gasteiger partial charge >= 0.3 is 0 Å². The molecule has 14 heavy (non-hydrogen) atoms. The van der Waals surface area contributed by atoms with Gasteiger partial charge in [0.05, 0.1) is 0 Å². The van der Waals surface area contributed by atoms with Crippen molar-refractivity contribution in [2.24, 2.45) is 0 Å². The van der Waals surface area contributed by atoms with Crippen molar-refractivity contribution >= 4 is 22.4 Å². The fourth-order valence-corrected chi connectivity index (χ4v) is 2.04. The minimum absolute atomic E-state index is 0.642. The Bertz CT molecular complexity index is 288. The van der Waals surface area contributed by atoms with E-state index in [1.807, 2.05) is 6.92 Å². The summed E-state index contributed by atoms with van der Waals surface area (Å²) in [7, 11) is 3.77. The summed E-state index contributed by atoms with van der Waals surface area (Å²) in [5.41, 5.74) is 6.76. The molecule has 0 aliphatic carbocycles. The highest BCUT2D eigenvalue weighted by molar-refractivity contribution is 7.10. The van der Waals surface area contributed by atoms with Crippen LogP contribution in [0, 0.1) is 6.92 Å². The fraction of sp³-hybridized carbons (Fsp3) is 0.667. The van der Waals surface area contributed by atoms with E-state index in [0.717, 1.165) is 30.1 Å². The molecule has 5 heteroatoms. The third-order valence-corrected chi connectivity index (χ3v) is 3.20. The lowest BCUT2D eigenvalue weighted by atomic mass is 10.3. The summed E-state index contributed by atoms with van der Waals surface area (Å²) in [6.45, 7) is 3.76. The van der Waals surface area contributed by atoms with Gasteiger partial charge in [0, 0.05) is 32.9 Å². The molecule has 1 aromatic heterocycles. The van der Waals surface area contributed by atoms with Gasteiger partial charge in [0.2, 0.25) is 0 Å². The fourth-order valence-electron chi connectivity index (χ4n) is 1.24. The first kappa shape index (κ1) is 11.3. The number of aromatic nitrogens is 1. The van der Waals surface area contributed by atoms with Gasteiger partial charge in [-0.05, 0) is 24.9 Å². The maximum absolute atomic E-state index is 5.68. The van der Waals surface area contributed by atoms with Crippen LogP contribution in [0.25, 0.3) is 0 Å².